The minimum atomic E-state index is -0.719. The molecule has 1 N–H and O–H groups in total. The molecule has 1 saturated heterocycles. The van der Waals surface area contributed by atoms with Crippen LogP contribution in [0.1, 0.15) is 54.1 Å². The molecule has 0 bridgehead atoms. The zero-order valence-electron chi connectivity index (χ0n) is 13.4. The number of aromatic nitrogens is 2. The third kappa shape index (κ3) is 3.03. The molecule has 2 heterocycles. The summed E-state index contributed by atoms with van der Waals surface area (Å²) in [4.78, 5) is 14.4. The number of ether oxygens (including phenoxy) is 1. The molecule has 0 unspecified atom stereocenters. The van der Waals surface area contributed by atoms with Gasteiger partial charge in [-0.25, -0.2) is 0 Å². The van der Waals surface area contributed by atoms with Crippen molar-refractivity contribution in [2.45, 2.75) is 43.6 Å². The van der Waals surface area contributed by atoms with Crippen molar-refractivity contribution in [3.63, 3.8) is 0 Å². The Labute approximate surface area is 131 Å². The number of rotatable bonds is 4. The van der Waals surface area contributed by atoms with Crippen LogP contribution in [-0.4, -0.2) is 58.1 Å². The predicted molar refractivity (Wildman–Crippen MR) is 81.8 cm³/mol. The van der Waals surface area contributed by atoms with E-state index in [1.165, 1.54) is 0 Å². The number of nitrogens with zero attached hydrogens (tertiary/aromatic N) is 3. The maximum Gasteiger partial charge on any atom is 0.257 e. The number of carbonyl (C=O) groups excluding carboxylic acids is 1. The van der Waals surface area contributed by atoms with Crippen molar-refractivity contribution in [1.29, 1.82) is 0 Å². The Morgan fingerprint density at radius 1 is 1.55 bits per heavy atom. The normalized spacial score (nSPS) is 23.9. The monoisotopic (exact) mass is 307 g/mol. The first-order valence-electron chi connectivity index (χ1n) is 8.08. The zero-order chi connectivity index (χ0) is 15.7. The minimum absolute atomic E-state index is 0.0599. The third-order valence-electron chi connectivity index (χ3n) is 4.82. The standard InChI is InChI=1S/C16H25N3O3/c1-18(11-16(21)6-3-4-7-16)15(20)13-9-19(2)17-14(13)12-5-8-22-10-12/h9,12,21H,3-8,10-11H2,1-2H3/t12-/m1/s1. The van der Waals surface area contributed by atoms with Crippen LogP contribution in [0.4, 0.5) is 0 Å². The van der Waals surface area contributed by atoms with Crippen LogP contribution in [0.15, 0.2) is 6.20 Å². The molecule has 0 spiro atoms. The summed E-state index contributed by atoms with van der Waals surface area (Å²) in [5.74, 6) is 0.137. The lowest BCUT2D eigenvalue weighted by Crippen LogP contribution is -2.42. The van der Waals surface area contributed by atoms with Gasteiger partial charge in [0.2, 0.25) is 0 Å². The second-order valence-electron chi connectivity index (χ2n) is 6.75. The molecule has 0 aromatic carbocycles. The highest BCUT2D eigenvalue weighted by atomic mass is 16.5. The molecule has 0 radical (unpaired) electrons. The Morgan fingerprint density at radius 3 is 2.91 bits per heavy atom. The average molecular weight is 307 g/mol. The van der Waals surface area contributed by atoms with Gasteiger partial charge in [-0.1, -0.05) is 12.8 Å². The van der Waals surface area contributed by atoms with Gasteiger partial charge in [-0.15, -0.1) is 0 Å². The van der Waals surface area contributed by atoms with Gasteiger partial charge in [0.1, 0.15) is 0 Å². The van der Waals surface area contributed by atoms with Crippen LogP contribution in [0.25, 0.3) is 0 Å². The van der Waals surface area contributed by atoms with Gasteiger partial charge < -0.3 is 14.7 Å². The Bertz CT molecular complexity index is 543. The fourth-order valence-electron chi connectivity index (χ4n) is 3.63. The second-order valence-corrected chi connectivity index (χ2v) is 6.75. The smallest absolute Gasteiger partial charge is 0.257 e. The summed E-state index contributed by atoms with van der Waals surface area (Å²) in [5.41, 5.74) is 0.751. The predicted octanol–water partition coefficient (Wildman–Crippen LogP) is 1.30. The van der Waals surface area contributed by atoms with Gasteiger partial charge in [0.05, 0.1) is 23.5 Å². The van der Waals surface area contributed by atoms with Gasteiger partial charge in [-0.3, -0.25) is 9.48 Å². The lowest BCUT2D eigenvalue weighted by Gasteiger charge is -2.28. The molecule has 1 aliphatic carbocycles. The molecule has 1 aromatic heterocycles. The summed E-state index contributed by atoms with van der Waals surface area (Å²) in [7, 11) is 3.60. The van der Waals surface area contributed by atoms with Crippen LogP contribution in [0.5, 0.6) is 0 Å². The van der Waals surface area contributed by atoms with E-state index in [9.17, 15) is 9.90 Å². The van der Waals surface area contributed by atoms with Crippen LogP contribution in [0, 0.1) is 0 Å². The van der Waals surface area contributed by atoms with E-state index in [4.69, 9.17) is 4.74 Å². The van der Waals surface area contributed by atoms with Crippen LogP contribution < -0.4 is 0 Å². The number of likely N-dealkylation sites (N-methyl/N-ethyl adjacent to an activating group) is 1. The molecule has 122 valence electrons. The molecule has 6 nitrogen and oxygen atoms in total. The highest BCUT2D eigenvalue weighted by molar-refractivity contribution is 5.95. The van der Waals surface area contributed by atoms with Crippen molar-refractivity contribution in [3.05, 3.63) is 17.5 Å². The zero-order valence-corrected chi connectivity index (χ0v) is 13.4. The van der Waals surface area contributed by atoms with E-state index in [2.05, 4.69) is 5.10 Å². The first-order chi connectivity index (χ1) is 10.5. The lowest BCUT2D eigenvalue weighted by atomic mass is 9.99. The summed E-state index contributed by atoms with van der Waals surface area (Å²) in [5, 5.41) is 15.0. The summed E-state index contributed by atoms with van der Waals surface area (Å²) in [6, 6.07) is 0. The van der Waals surface area contributed by atoms with Crippen molar-refractivity contribution < 1.29 is 14.6 Å². The van der Waals surface area contributed by atoms with Crippen molar-refractivity contribution in [2.75, 3.05) is 26.8 Å². The van der Waals surface area contributed by atoms with Gasteiger partial charge in [0.15, 0.2) is 0 Å². The van der Waals surface area contributed by atoms with Crippen molar-refractivity contribution in [3.8, 4) is 0 Å². The van der Waals surface area contributed by atoms with Crippen LogP contribution in [0.3, 0.4) is 0 Å². The molecule has 2 fully saturated rings. The first-order valence-corrected chi connectivity index (χ1v) is 8.08. The fraction of sp³-hybridized carbons (Fsp3) is 0.750. The molecule has 1 atom stereocenters. The summed E-state index contributed by atoms with van der Waals surface area (Å²) < 4.78 is 7.12. The van der Waals surface area contributed by atoms with Gasteiger partial charge in [0, 0.05) is 39.4 Å². The van der Waals surface area contributed by atoms with E-state index in [0.717, 1.165) is 44.4 Å². The fourth-order valence-corrected chi connectivity index (χ4v) is 3.63. The maximum absolute atomic E-state index is 12.8. The summed E-state index contributed by atoms with van der Waals surface area (Å²) in [6.45, 7) is 1.75. The number of amides is 1. The Hall–Kier alpha value is -1.40. The van der Waals surface area contributed by atoms with E-state index in [-0.39, 0.29) is 11.8 Å². The molecule has 1 aromatic rings. The lowest BCUT2D eigenvalue weighted by molar-refractivity contribution is 0.0156. The van der Waals surface area contributed by atoms with E-state index in [0.29, 0.717) is 18.7 Å². The van der Waals surface area contributed by atoms with Crippen molar-refractivity contribution >= 4 is 5.91 Å². The van der Waals surface area contributed by atoms with E-state index >= 15 is 0 Å². The highest BCUT2D eigenvalue weighted by Crippen LogP contribution is 2.31. The molecule has 1 amide bonds. The highest BCUT2D eigenvalue weighted by Gasteiger charge is 2.35. The van der Waals surface area contributed by atoms with Gasteiger partial charge in [-0.2, -0.15) is 5.10 Å². The Balaban J connectivity index is 1.76. The topological polar surface area (TPSA) is 67.6 Å². The quantitative estimate of drug-likeness (QED) is 0.910. The molecule has 1 saturated carbocycles. The molecule has 2 aliphatic rings. The largest absolute Gasteiger partial charge is 0.388 e. The Kier molecular flexibility index (Phi) is 4.23. The van der Waals surface area contributed by atoms with Crippen molar-refractivity contribution in [2.24, 2.45) is 7.05 Å². The molecular formula is C16H25N3O3. The third-order valence-corrected chi connectivity index (χ3v) is 4.82. The number of hydrogen-bond acceptors (Lipinski definition) is 4. The van der Waals surface area contributed by atoms with E-state index in [1.54, 1.807) is 22.8 Å². The molecule has 22 heavy (non-hydrogen) atoms. The van der Waals surface area contributed by atoms with E-state index < -0.39 is 5.60 Å². The SMILES string of the molecule is CN(CC1(O)CCCC1)C(=O)c1cn(C)nc1[C@@H]1CCOC1. The molecule has 1 aliphatic heterocycles. The van der Waals surface area contributed by atoms with Crippen LogP contribution >= 0.6 is 0 Å². The van der Waals surface area contributed by atoms with Gasteiger partial charge in [0.25, 0.3) is 5.91 Å². The number of carbonyl (C=O) groups is 1. The number of aryl methyl sites for hydroxylation is 1. The molecule has 3 rings (SSSR count). The molecular weight excluding hydrogens is 282 g/mol. The van der Waals surface area contributed by atoms with Crippen LogP contribution in [0.2, 0.25) is 0 Å². The first kappa shape index (κ1) is 15.5. The van der Waals surface area contributed by atoms with Crippen molar-refractivity contribution in [1.82, 2.24) is 14.7 Å². The number of hydrogen-bond donors (Lipinski definition) is 1. The molecule has 6 heteroatoms. The van der Waals surface area contributed by atoms with Crippen LogP contribution in [-0.2, 0) is 11.8 Å². The number of aliphatic hydroxyl groups is 1. The minimum Gasteiger partial charge on any atom is -0.388 e. The maximum atomic E-state index is 12.8. The Morgan fingerprint density at radius 2 is 2.27 bits per heavy atom. The summed E-state index contributed by atoms with van der Waals surface area (Å²) >= 11 is 0. The second kappa shape index (κ2) is 6.01. The summed E-state index contributed by atoms with van der Waals surface area (Å²) in [6.07, 6.45) is 6.32. The average Bonchev–Trinajstić information content (AvgIpc) is 3.18. The van der Waals surface area contributed by atoms with Gasteiger partial charge in [-0.05, 0) is 19.3 Å². The van der Waals surface area contributed by atoms with E-state index in [1.807, 2.05) is 7.05 Å². The van der Waals surface area contributed by atoms with Gasteiger partial charge >= 0.3 is 0 Å².